The molecule has 0 saturated carbocycles. The summed E-state index contributed by atoms with van der Waals surface area (Å²) in [5.74, 6) is -0.184. The molecule has 0 spiro atoms. The number of ether oxygens (including phenoxy) is 1. The van der Waals surface area contributed by atoms with Crippen molar-refractivity contribution in [3.63, 3.8) is 0 Å². The molecule has 2 aromatic rings. The molecule has 0 aliphatic heterocycles. The summed E-state index contributed by atoms with van der Waals surface area (Å²) >= 11 is 0. The molecule has 4 nitrogen and oxygen atoms in total. The monoisotopic (exact) mass is 284 g/mol. The van der Waals surface area contributed by atoms with E-state index < -0.39 is 5.82 Å². The molecule has 2 rings (SSSR count). The first-order valence-electron chi connectivity index (χ1n) is 6.21. The van der Waals surface area contributed by atoms with Crippen LogP contribution in [0, 0.1) is 17.1 Å². The zero-order valence-electron chi connectivity index (χ0n) is 11.6. The van der Waals surface area contributed by atoms with Gasteiger partial charge >= 0.3 is 0 Å². The smallest absolute Gasteiger partial charge is 0.253 e. The maximum absolute atomic E-state index is 13.5. The fraction of sp³-hybridized carbons (Fsp3) is 0.125. The highest BCUT2D eigenvalue weighted by Gasteiger charge is 2.11. The lowest BCUT2D eigenvalue weighted by molar-refractivity contribution is 0.0827. The number of benzene rings is 2. The predicted octanol–water partition coefficient (Wildman–Crippen LogP) is 3.19. The highest BCUT2D eigenvalue weighted by atomic mass is 19.1. The van der Waals surface area contributed by atoms with Gasteiger partial charge in [0.05, 0.1) is 0 Å². The van der Waals surface area contributed by atoms with Crippen LogP contribution in [0.15, 0.2) is 42.5 Å². The summed E-state index contributed by atoms with van der Waals surface area (Å²) < 4.78 is 18.9. The van der Waals surface area contributed by atoms with Gasteiger partial charge in [-0.1, -0.05) is 6.07 Å². The second kappa shape index (κ2) is 6.06. The normalized spacial score (nSPS) is 9.81. The molecule has 106 valence electrons. The van der Waals surface area contributed by atoms with E-state index in [4.69, 9.17) is 10.00 Å². The molecule has 2 aromatic carbocycles. The Morgan fingerprint density at radius 1 is 1.19 bits per heavy atom. The van der Waals surface area contributed by atoms with Gasteiger partial charge in [-0.15, -0.1) is 0 Å². The van der Waals surface area contributed by atoms with Crippen LogP contribution in [0.5, 0.6) is 11.5 Å². The second-order valence-corrected chi connectivity index (χ2v) is 4.55. The molecule has 0 fully saturated rings. The molecule has 0 aliphatic carbocycles. The molecule has 0 atom stereocenters. The van der Waals surface area contributed by atoms with Crippen molar-refractivity contribution in [1.29, 1.82) is 5.26 Å². The third-order valence-corrected chi connectivity index (χ3v) is 2.82. The van der Waals surface area contributed by atoms with E-state index in [-0.39, 0.29) is 17.2 Å². The summed E-state index contributed by atoms with van der Waals surface area (Å²) in [5, 5.41) is 8.94. The Morgan fingerprint density at radius 2 is 1.86 bits per heavy atom. The molecule has 0 saturated heterocycles. The molecule has 0 radical (unpaired) electrons. The molecular weight excluding hydrogens is 271 g/mol. The average molecular weight is 284 g/mol. The summed E-state index contributed by atoms with van der Waals surface area (Å²) in [6.45, 7) is 0. The third kappa shape index (κ3) is 3.18. The van der Waals surface area contributed by atoms with Crippen LogP contribution in [-0.2, 0) is 0 Å². The van der Waals surface area contributed by atoms with Crippen LogP contribution in [0.4, 0.5) is 4.39 Å². The van der Waals surface area contributed by atoms with Crippen molar-refractivity contribution in [3.05, 3.63) is 59.4 Å². The maximum atomic E-state index is 13.5. The van der Waals surface area contributed by atoms with Gasteiger partial charge in [0.2, 0.25) is 0 Å². The molecule has 21 heavy (non-hydrogen) atoms. The zero-order valence-corrected chi connectivity index (χ0v) is 11.6. The molecule has 0 N–H and O–H groups in total. The van der Waals surface area contributed by atoms with Gasteiger partial charge in [0.15, 0.2) is 0 Å². The molecule has 5 heteroatoms. The number of amides is 1. The van der Waals surface area contributed by atoms with E-state index in [0.29, 0.717) is 11.3 Å². The fourth-order valence-electron chi connectivity index (χ4n) is 1.75. The Bertz CT molecular complexity index is 703. The predicted molar refractivity (Wildman–Crippen MR) is 75.6 cm³/mol. The first-order chi connectivity index (χ1) is 10.0. The van der Waals surface area contributed by atoms with Crippen LogP contribution in [-0.4, -0.2) is 24.9 Å². The zero-order chi connectivity index (χ0) is 15.4. The number of hydrogen-bond acceptors (Lipinski definition) is 3. The third-order valence-electron chi connectivity index (χ3n) is 2.82. The summed E-state index contributed by atoms with van der Waals surface area (Å²) in [4.78, 5) is 13.2. The minimum absolute atomic E-state index is 0.120. The van der Waals surface area contributed by atoms with Crippen molar-refractivity contribution >= 4 is 5.91 Å². The molecule has 0 aliphatic rings. The van der Waals surface area contributed by atoms with E-state index in [2.05, 4.69) is 0 Å². The Hall–Kier alpha value is -2.87. The second-order valence-electron chi connectivity index (χ2n) is 4.55. The van der Waals surface area contributed by atoms with Crippen molar-refractivity contribution in [2.45, 2.75) is 0 Å². The van der Waals surface area contributed by atoms with Crippen molar-refractivity contribution in [1.82, 2.24) is 4.90 Å². The van der Waals surface area contributed by atoms with E-state index in [9.17, 15) is 9.18 Å². The Balaban J connectivity index is 2.24. The quantitative estimate of drug-likeness (QED) is 0.869. The van der Waals surface area contributed by atoms with Gasteiger partial charge in [-0.3, -0.25) is 4.79 Å². The van der Waals surface area contributed by atoms with Gasteiger partial charge < -0.3 is 9.64 Å². The van der Waals surface area contributed by atoms with E-state index >= 15 is 0 Å². The summed E-state index contributed by atoms with van der Waals surface area (Å²) in [6, 6.07) is 12.4. The highest BCUT2D eigenvalue weighted by Crippen LogP contribution is 2.26. The van der Waals surface area contributed by atoms with Gasteiger partial charge in [0, 0.05) is 19.7 Å². The number of hydrogen-bond donors (Lipinski definition) is 0. The first-order valence-corrected chi connectivity index (χ1v) is 6.21. The van der Waals surface area contributed by atoms with Crippen molar-refractivity contribution in [3.8, 4) is 17.6 Å². The van der Waals surface area contributed by atoms with Gasteiger partial charge in [-0.05, 0) is 36.4 Å². The average Bonchev–Trinajstić information content (AvgIpc) is 2.47. The Kier molecular flexibility index (Phi) is 4.19. The standard InChI is InChI=1S/C16H13FN2O2/c1-19(2)16(20)11-6-8-12(9-7-11)21-15-5-3-4-14(17)13(15)10-18/h3-9H,1-2H3. The van der Waals surface area contributed by atoms with Crippen molar-refractivity contribution < 1.29 is 13.9 Å². The summed E-state index contributed by atoms with van der Waals surface area (Å²) in [6.07, 6.45) is 0. The lowest BCUT2D eigenvalue weighted by Crippen LogP contribution is -2.21. The Labute approximate surface area is 122 Å². The number of rotatable bonds is 3. The lowest BCUT2D eigenvalue weighted by atomic mass is 10.2. The van der Waals surface area contributed by atoms with Gasteiger partial charge in [0.25, 0.3) is 5.91 Å². The van der Waals surface area contributed by atoms with E-state index in [1.165, 1.54) is 23.1 Å². The molecule has 0 unspecified atom stereocenters. The summed E-state index contributed by atoms with van der Waals surface area (Å²) in [5.41, 5.74) is 0.373. The number of carbonyl (C=O) groups is 1. The van der Waals surface area contributed by atoms with Crippen LogP contribution < -0.4 is 4.74 Å². The number of halogens is 1. The molecular formula is C16H13FN2O2. The minimum atomic E-state index is -0.630. The highest BCUT2D eigenvalue weighted by molar-refractivity contribution is 5.93. The van der Waals surface area contributed by atoms with Crippen LogP contribution in [0.3, 0.4) is 0 Å². The van der Waals surface area contributed by atoms with Gasteiger partial charge in [-0.25, -0.2) is 4.39 Å². The van der Waals surface area contributed by atoms with Crippen molar-refractivity contribution in [2.75, 3.05) is 14.1 Å². The van der Waals surface area contributed by atoms with Crippen molar-refractivity contribution in [2.24, 2.45) is 0 Å². The molecule has 1 amide bonds. The lowest BCUT2D eigenvalue weighted by Gasteiger charge is -2.11. The first kappa shape index (κ1) is 14.5. The largest absolute Gasteiger partial charge is 0.456 e. The SMILES string of the molecule is CN(C)C(=O)c1ccc(Oc2cccc(F)c2C#N)cc1. The van der Waals surface area contributed by atoms with Crippen LogP contribution in [0.2, 0.25) is 0 Å². The topological polar surface area (TPSA) is 53.3 Å². The minimum Gasteiger partial charge on any atom is -0.456 e. The number of nitrogens with zero attached hydrogens (tertiary/aromatic N) is 2. The molecule has 0 aromatic heterocycles. The van der Waals surface area contributed by atoms with E-state index in [1.54, 1.807) is 44.4 Å². The van der Waals surface area contributed by atoms with Crippen LogP contribution in [0.25, 0.3) is 0 Å². The van der Waals surface area contributed by atoms with Gasteiger partial charge in [0.1, 0.15) is 28.9 Å². The van der Waals surface area contributed by atoms with Gasteiger partial charge in [-0.2, -0.15) is 5.26 Å². The van der Waals surface area contributed by atoms with Crippen LogP contribution in [0.1, 0.15) is 15.9 Å². The maximum Gasteiger partial charge on any atom is 0.253 e. The fourth-order valence-corrected chi connectivity index (χ4v) is 1.75. The van der Waals surface area contributed by atoms with E-state index in [1.807, 2.05) is 0 Å². The summed E-state index contributed by atoms with van der Waals surface area (Å²) in [7, 11) is 3.33. The Morgan fingerprint density at radius 3 is 2.43 bits per heavy atom. The molecule has 0 bridgehead atoms. The molecule has 0 heterocycles. The number of carbonyl (C=O) groups excluding carboxylic acids is 1. The van der Waals surface area contributed by atoms with E-state index in [0.717, 1.165) is 0 Å². The van der Waals surface area contributed by atoms with Crippen LogP contribution >= 0.6 is 0 Å². The number of nitriles is 1.